The molecule has 0 spiro atoms. The number of ether oxygens (including phenoxy) is 6. The lowest BCUT2D eigenvalue weighted by atomic mass is 9.96. The first-order chi connectivity index (χ1) is 42.3. The van der Waals surface area contributed by atoms with Crippen molar-refractivity contribution in [1.29, 1.82) is 0 Å². The van der Waals surface area contributed by atoms with Crippen molar-refractivity contribution in [2.24, 2.45) is 0 Å². The van der Waals surface area contributed by atoms with Crippen LogP contribution in [0.15, 0.2) is 48.6 Å². The van der Waals surface area contributed by atoms with E-state index in [1.165, 1.54) is 148 Å². The molecular formula is C68H123NO18. The Hall–Kier alpha value is -2.25. The van der Waals surface area contributed by atoms with Crippen LogP contribution in [0, 0.1) is 0 Å². The summed E-state index contributed by atoms with van der Waals surface area (Å²) in [6, 6.07) is -0.998. The van der Waals surface area contributed by atoms with Gasteiger partial charge in [0.15, 0.2) is 18.9 Å². The van der Waals surface area contributed by atoms with Crippen molar-refractivity contribution in [3.63, 3.8) is 0 Å². The minimum atomic E-state index is -1.98. The quantitative estimate of drug-likeness (QED) is 0.0200. The van der Waals surface area contributed by atoms with Crippen molar-refractivity contribution in [2.45, 2.75) is 349 Å². The highest BCUT2D eigenvalue weighted by Gasteiger charge is 2.53. The van der Waals surface area contributed by atoms with Crippen LogP contribution in [0.2, 0.25) is 0 Å². The molecule has 17 unspecified atom stereocenters. The molecule has 87 heavy (non-hydrogen) atoms. The average molecular weight is 1240 g/mol. The largest absolute Gasteiger partial charge is 0.394 e. The molecule has 0 aromatic rings. The van der Waals surface area contributed by atoms with E-state index >= 15 is 0 Å². The zero-order chi connectivity index (χ0) is 63.3. The summed E-state index contributed by atoms with van der Waals surface area (Å²) in [5, 5.41) is 120. The molecular weight excluding hydrogens is 1120 g/mol. The van der Waals surface area contributed by atoms with Gasteiger partial charge in [-0.2, -0.15) is 0 Å². The lowest BCUT2D eigenvalue weighted by Crippen LogP contribution is -2.66. The van der Waals surface area contributed by atoms with Crippen LogP contribution in [0.4, 0.5) is 0 Å². The number of aliphatic hydroxyl groups excluding tert-OH is 11. The number of aliphatic hydroxyl groups is 11. The number of hydrogen-bond donors (Lipinski definition) is 12. The molecule has 19 heteroatoms. The van der Waals surface area contributed by atoms with Gasteiger partial charge in [0.25, 0.3) is 0 Å². The van der Waals surface area contributed by atoms with Crippen molar-refractivity contribution in [3.05, 3.63) is 48.6 Å². The monoisotopic (exact) mass is 1240 g/mol. The molecule has 0 aromatic heterocycles. The molecule has 12 N–H and O–H groups in total. The topological polar surface area (TPSA) is 307 Å². The van der Waals surface area contributed by atoms with Gasteiger partial charge in [0.05, 0.1) is 38.6 Å². The second-order valence-corrected chi connectivity index (χ2v) is 24.6. The van der Waals surface area contributed by atoms with Crippen molar-refractivity contribution in [2.75, 3.05) is 26.4 Å². The molecule has 3 aliphatic rings. The van der Waals surface area contributed by atoms with Gasteiger partial charge in [-0.05, 0) is 57.8 Å². The normalized spacial score (nSPS) is 28.9. The first kappa shape index (κ1) is 79.0. The summed E-state index contributed by atoms with van der Waals surface area (Å²) in [5.74, 6) is -0.300. The number of carbonyl (C=O) groups excluding carboxylic acids is 1. The maximum absolute atomic E-state index is 13.3. The van der Waals surface area contributed by atoms with Crippen LogP contribution in [0.25, 0.3) is 0 Å². The average Bonchev–Trinajstić information content (AvgIpc) is 2.96. The van der Waals surface area contributed by atoms with E-state index in [0.717, 1.165) is 64.2 Å². The Labute approximate surface area is 523 Å². The van der Waals surface area contributed by atoms with E-state index in [-0.39, 0.29) is 18.9 Å². The number of nitrogens with one attached hydrogen (secondary N) is 1. The Bertz CT molecular complexity index is 1770. The van der Waals surface area contributed by atoms with Gasteiger partial charge in [-0.1, -0.05) is 229 Å². The standard InChI is InChI=1S/C68H123NO18/c1-3-5-7-9-11-13-15-17-19-20-21-22-23-24-25-26-27-28-29-30-31-32-33-35-37-39-41-43-45-52(73)51(69-56(74)46-44-42-40-38-36-34-18-16-14-12-10-8-6-4-2)50-82-66-62(80)59(77)64(54(48-71)84-66)87-68-63(81)60(78)65(55(49-72)85-68)86-67-61(79)58(76)57(75)53(47-70)83-67/h10,12,16,18,35,37,43,45,51-55,57-68,70-73,75-81H,3-9,11,13-15,17,19-34,36,38-42,44,46-50H2,1-2H3,(H,69,74)/b12-10-,18-16-,37-35+,45-43+. The Morgan fingerprint density at radius 3 is 1.25 bits per heavy atom. The third-order valence-corrected chi connectivity index (χ3v) is 17.1. The Balaban J connectivity index is 1.43. The number of allylic oxidation sites excluding steroid dienone is 7. The van der Waals surface area contributed by atoms with Crippen molar-refractivity contribution < 1.29 is 89.4 Å². The van der Waals surface area contributed by atoms with E-state index in [1.54, 1.807) is 6.08 Å². The van der Waals surface area contributed by atoms with Crippen molar-refractivity contribution >= 4 is 5.91 Å². The van der Waals surface area contributed by atoms with Crippen molar-refractivity contribution in [3.8, 4) is 0 Å². The zero-order valence-electron chi connectivity index (χ0n) is 53.5. The molecule has 0 aromatic carbocycles. The van der Waals surface area contributed by atoms with Gasteiger partial charge in [0, 0.05) is 6.42 Å². The molecule has 3 heterocycles. The molecule has 0 bridgehead atoms. The van der Waals surface area contributed by atoms with Crippen LogP contribution in [-0.2, 0) is 33.2 Å². The number of unbranched alkanes of at least 4 members (excludes halogenated alkanes) is 30. The Kier molecular flexibility index (Phi) is 45.7. The highest BCUT2D eigenvalue weighted by molar-refractivity contribution is 5.76. The molecule has 508 valence electrons. The van der Waals surface area contributed by atoms with Gasteiger partial charge in [0.1, 0.15) is 73.2 Å². The molecule has 0 saturated carbocycles. The fourth-order valence-electron chi connectivity index (χ4n) is 11.5. The predicted octanol–water partition coefficient (Wildman–Crippen LogP) is 8.61. The molecule has 0 aliphatic carbocycles. The number of carbonyl (C=O) groups is 1. The van der Waals surface area contributed by atoms with Gasteiger partial charge in [-0.25, -0.2) is 0 Å². The summed E-state index contributed by atoms with van der Waals surface area (Å²) >= 11 is 0. The van der Waals surface area contributed by atoms with Gasteiger partial charge >= 0.3 is 0 Å². The molecule has 1 amide bonds. The van der Waals surface area contributed by atoms with Gasteiger partial charge < -0.3 is 89.9 Å². The maximum Gasteiger partial charge on any atom is 0.220 e. The van der Waals surface area contributed by atoms with Crippen LogP contribution in [0.1, 0.15) is 245 Å². The lowest BCUT2D eigenvalue weighted by molar-refractivity contribution is -0.379. The molecule has 3 fully saturated rings. The summed E-state index contributed by atoms with van der Waals surface area (Å²) in [7, 11) is 0. The molecule has 3 rings (SSSR count). The summed E-state index contributed by atoms with van der Waals surface area (Å²) in [4.78, 5) is 13.3. The fourth-order valence-corrected chi connectivity index (χ4v) is 11.5. The van der Waals surface area contributed by atoms with Crippen LogP contribution in [0.3, 0.4) is 0 Å². The van der Waals surface area contributed by atoms with Gasteiger partial charge in [-0.3, -0.25) is 4.79 Å². The summed E-state index contributed by atoms with van der Waals surface area (Å²) in [6.07, 6.45) is 32.5. The molecule has 17 atom stereocenters. The second-order valence-electron chi connectivity index (χ2n) is 24.6. The van der Waals surface area contributed by atoms with Crippen LogP contribution in [0.5, 0.6) is 0 Å². The minimum Gasteiger partial charge on any atom is -0.394 e. The van der Waals surface area contributed by atoms with Gasteiger partial charge in [-0.15, -0.1) is 0 Å². The third-order valence-electron chi connectivity index (χ3n) is 17.1. The molecule has 0 radical (unpaired) electrons. The number of rotatable bonds is 52. The summed E-state index contributed by atoms with van der Waals surface area (Å²) in [6.45, 7) is 1.67. The molecule has 3 aliphatic heterocycles. The minimum absolute atomic E-state index is 0.218. The van der Waals surface area contributed by atoms with E-state index in [9.17, 15) is 61.0 Å². The van der Waals surface area contributed by atoms with Crippen molar-refractivity contribution in [1.82, 2.24) is 5.32 Å². The van der Waals surface area contributed by atoms with E-state index in [0.29, 0.717) is 12.8 Å². The first-order valence-corrected chi connectivity index (χ1v) is 34.4. The Morgan fingerprint density at radius 1 is 0.414 bits per heavy atom. The highest BCUT2D eigenvalue weighted by atomic mass is 16.8. The van der Waals surface area contributed by atoms with E-state index in [1.807, 2.05) is 6.08 Å². The molecule has 19 nitrogen and oxygen atoms in total. The first-order valence-electron chi connectivity index (χ1n) is 34.4. The van der Waals surface area contributed by atoms with E-state index in [4.69, 9.17) is 28.4 Å². The van der Waals surface area contributed by atoms with Crippen LogP contribution >= 0.6 is 0 Å². The van der Waals surface area contributed by atoms with Gasteiger partial charge in [0.2, 0.25) is 5.91 Å². The third kappa shape index (κ3) is 32.7. The predicted molar refractivity (Wildman–Crippen MR) is 337 cm³/mol. The summed E-state index contributed by atoms with van der Waals surface area (Å²) < 4.78 is 34.3. The maximum atomic E-state index is 13.3. The highest BCUT2D eigenvalue weighted by Crippen LogP contribution is 2.33. The number of hydrogen-bond acceptors (Lipinski definition) is 18. The number of amides is 1. The van der Waals surface area contributed by atoms with E-state index in [2.05, 4.69) is 55.6 Å². The van der Waals surface area contributed by atoms with E-state index < -0.39 is 124 Å². The Morgan fingerprint density at radius 2 is 0.782 bits per heavy atom. The zero-order valence-corrected chi connectivity index (χ0v) is 53.5. The smallest absolute Gasteiger partial charge is 0.220 e. The fraction of sp³-hybridized carbons (Fsp3) is 0.868. The molecule has 3 saturated heterocycles. The SMILES string of the molecule is CCCC/C=C\C/C=C\CCCCCCCC(=O)NC(COC1OC(CO)C(OC2OC(CO)C(OC3OC(CO)C(O)C(O)C3O)C(O)C2O)C(O)C1O)C(O)/C=C/CC/C=C/CCCCCCCCCCCCCCCCCCCCCCCC. The van der Waals surface area contributed by atoms with Crippen LogP contribution in [-0.4, -0.2) is 193 Å². The second kappa shape index (κ2) is 50.3. The lowest BCUT2D eigenvalue weighted by Gasteiger charge is -2.48. The van der Waals surface area contributed by atoms with Crippen LogP contribution < -0.4 is 5.32 Å². The summed E-state index contributed by atoms with van der Waals surface area (Å²) in [5.41, 5.74) is 0.